The average molecular weight is 530 g/mol. The molecule has 12 heteroatoms. The van der Waals surface area contributed by atoms with E-state index in [-0.39, 0.29) is 25.8 Å². The number of hydrogen-bond donors (Lipinski definition) is 6. The van der Waals surface area contributed by atoms with Crippen LogP contribution in [0.15, 0.2) is 30.5 Å². The van der Waals surface area contributed by atoms with Crippen molar-refractivity contribution in [2.75, 3.05) is 6.54 Å². The lowest BCUT2D eigenvalue weighted by atomic mass is 10.0. The number of nitrogens with two attached hydrogens (primary N) is 1. The van der Waals surface area contributed by atoms with Gasteiger partial charge in [0.05, 0.1) is 6.04 Å². The van der Waals surface area contributed by atoms with Gasteiger partial charge in [-0.25, -0.2) is 4.79 Å². The summed E-state index contributed by atoms with van der Waals surface area (Å²) >= 11 is 0. The van der Waals surface area contributed by atoms with Crippen molar-refractivity contribution in [3.05, 3.63) is 36.0 Å². The number of carbonyl (C=O) groups is 5. The molecule has 38 heavy (non-hydrogen) atoms. The minimum atomic E-state index is -1.19. The number of carboxylic acids is 2. The maximum Gasteiger partial charge on any atom is 0.326 e. The number of nitrogens with zero attached hydrogens (tertiary/aromatic N) is 1. The topological polar surface area (TPSA) is 195 Å². The molecular weight excluding hydrogens is 494 g/mol. The smallest absolute Gasteiger partial charge is 0.326 e. The van der Waals surface area contributed by atoms with Gasteiger partial charge in [0, 0.05) is 36.5 Å². The van der Waals surface area contributed by atoms with Crippen LogP contribution in [0.25, 0.3) is 10.9 Å². The van der Waals surface area contributed by atoms with Crippen molar-refractivity contribution < 1.29 is 34.2 Å². The Morgan fingerprint density at radius 1 is 1.13 bits per heavy atom. The Balaban J connectivity index is 1.81. The van der Waals surface area contributed by atoms with Crippen LogP contribution >= 0.6 is 0 Å². The third-order valence-electron chi connectivity index (χ3n) is 6.79. The molecule has 1 aromatic carbocycles. The number of para-hydroxylation sites is 1. The summed E-state index contributed by atoms with van der Waals surface area (Å²) in [5, 5.41) is 24.6. The summed E-state index contributed by atoms with van der Waals surface area (Å²) < 4.78 is 0. The molecule has 2 aromatic rings. The molecule has 2 heterocycles. The van der Waals surface area contributed by atoms with Crippen molar-refractivity contribution in [1.29, 1.82) is 0 Å². The van der Waals surface area contributed by atoms with Crippen LogP contribution in [0, 0.1) is 5.92 Å². The molecule has 0 spiro atoms. The van der Waals surface area contributed by atoms with Gasteiger partial charge in [-0.15, -0.1) is 0 Å². The van der Waals surface area contributed by atoms with Crippen LogP contribution in [-0.2, 0) is 30.4 Å². The zero-order valence-electron chi connectivity index (χ0n) is 21.5. The Labute approximate surface area is 219 Å². The summed E-state index contributed by atoms with van der Waals surface area (Å²) in [6, 6.07) is 3.26. The number of aromatic amines is 1. The lowest BCUT2D eigenvalue weighted by molar-refractivity contribution is -0.144. The van der Waals surface area contributed by atoms with Gasteiger partial charge in [0.2, 0.25) is 17.7 Å². The lowest BCUT2D eigenvalue weighted by Crippen LogP contribution is -2.57. The van der Waals surface area contributed by atoms with E-state index in [9.17, 15) is 29.1 Å². The quantitative estimate of drug-likeness (QED) is 0.230. The van der Waals surface area contributed by atoms with Crippen molar-refractivity contribution in [1.82, 2.24) is 20.5 Å². The highest BCUT2D eigenvalue weighted by Gasteiger charge is 2.38. The van der Waals surface area contributed by atoms with E-state index < -0.39 is 59.7 Å². The predicted octanol–water partition coefficient (Wildman–Crippen LogP) is 0.604. The average Bonchev–Trinajstić information content (AvgIpc) is 3.52. The van der Waals surface area contributed by atoms with E-state index in [2.05, 4.69) is 15.6 Å². The maximum absolute atomic E-state index is 13.4. The fourth-order valence-corrected chi connectivity index (χ4v) is 4.68. The monoisotopic (exact) mass is 529 g/mol. The van der Waals surface area contributed by atoms with Crippen LogP contribution in [0.5, 0.6) is 0 Å². The second kappa shape index (κ2) is 12.5. The first-order valence-electron chi connectivity index (χ1n) is 12.7. The van der Waals surface area contributed by atoms with Gasteiger partial charge in [0.25, 0.3) is 0 Å². The first-order valence-corrected chi connectivity index (χ1v) is 12.7. The van der Waals surface area contributed by atoms with E-state index in [1.807, 2.05) is 24.3 Å². The Bertz CT molecular complexity index is 1190. The van der Waals surface area contributed by atoms with E-state index in [1.165, 1.54) is 4.90 Å². The van der Waals surface area contributed by atoms with E-state index in [4.69, 9.17) is 10.8 Å². The Morgan fingerprint density at radius 2 is 1.84 bits per heavy atom. The number of carbonyl (C=O) groups excluding carboxylic acids is 3. The molecule has 3 amide bonds. The predicted molar refractivity (Wildman–Crippen MR) is 138 cm³/mol. The highest BCUT2D eigenvalue weighted by atomic mass is 16.4. The number of aromatic nitrogens is 1. The number of carboxylic acid groups (broad SMARTS) is 2. The number of H-pyrrole nitrogens is 1. The number of aliphatic carboxylic acids is 2. The van der Waals surface area contributed by atoms with Crippen molar-refractivity contribution in [3.8, 4) is 0 Å². The molecule has 1 aromatic heterocycles. The third-order valence-corrected chi connectivity index (χ3v) is 6.79. The molecule has 206 valence electrons. The molecular formula is C26H35N5O7. The molecule has 1 fully saturated rings. The molecule has 0 bridgehead atoms. The van der Waals surface area contributed by atoms with Crippen LogP contribution < -0.4 is 16.4 Å². The van der Waals surface area contributed by atoms with Gasteiger partial charge < -0.3 is 36.5 Å². The van der Waals surface area contributed by atoms with Gasteiger partial charge in [-0.3, -0.25) is 19.2 Å². The molecule has 0 radical (unpaired) electrons. The number of amides is 3. The molecule has 12 nitrogen and oxygen atoms in total. The summed E-state index contributed by atoms with van der Waals surface area (Å²) in [4.78, 5) is 66.5. The van der Waals surface area contributed by atoms with Gasteiger partial charge in [0.1, 0.15) is 18.1 Å². The van der Waals surface area contributed by atoms with Gasteiger partial charge in [0.15, 0.2) is 0 Å². The van der Waals surface area contributed by atoms with E-state index in [0.717, 1.165) is 16.5 Å². The highest BCUT2D eigenvalue weighted by Crippen LogP contribution is 2.22. The van der Waals surface area contributed by atoms with E-state index in [0.29, 0.717) is 12.8 Å². The van der Waals surface area contributed by atoms with Crippen molar-refractivity contribution in [2.24, 2.45) is 11.7 Å². The first-order chi connectivity index (χ1) is 18.0. The number of fused-ring (bicyclic) bond motifs is 1. The molecule has 1 saturated heterocycles. The summed E-state index contributed by atoms with van der Waals surface area (Å²) in [7, 11) is 0. The van der Waals surface area contributed by atoms with Crippen LogP contribution in [-0.4, -0.2) is 80.5 Å². The molecule has 3 rings (SSSR count). The highest BCUT2D eigenvalue weighted by molar-refractivity contribution is 5.95. The Kier molecular flexibility index (Phi) is 9.45. The minimum Gasteiger partial charge on any atom is -0.481 e. The number of likely N-dealkylation sites (tertiary alicyclic amines) is 1. The minimum absolute atomic E-state index is 0.0591. The molecule has 1 aliphatic heterocycles. The summed E-state index contributed by atoms with van der Waals surface area (Å²) in [5.74, 6) is -4.38. The molecule has 4 unspecified atom stereocenters. The zero-order chi connectivity index (χ0) is 28.0. The normalized spacial score (nSPS) is 17.7. The van der Waals surface area contributed by atoms with Gasteiger partial charge >= 0.3 is 11.9 Å². The summed E-state index contributed by atoms with van der Waals surface area (Å²) in [6.45, 7) is 3.62. The van der Waals surface area contributed by atoms with Crippen molar-refractivity contribution in [2.45, 2.75) is 70.1 Å². The molecule has 4 atom stereocenters. The van der Waals surface area contributed by atoms with Crippen molar-refractivity contribution in [3.63, 3.8) is 0 Å². The second-order valence-corrected chi connectivity index (χ2v) is 9.92. The lowest BCUT2D eigenvalue weighted by Gasteiger charge is -2.29. The maximum atomic E-state index is 13.4. The fourth-order valence-electron chi connectivity index (χ4n) is 4.68. The van der Waals surface area contributed by atoms with Crippen LogP contribution in [0.4, 0.5) is 0 Å². The molecule has 1 aliphatic rings. The summed E-state index contributed by atoms with van der Waals surface area (Å²) in [5.41, 5.74) is 7.51. The largest absolute Gasteiger partial charge is 0.481 e. The Morgan fingerprint density at radius 3 is 2.50 bits per heavy atom. The Hall–Kier alpha value is -3.93. The number of benzene rings is 1. The molecule has 0 saturated carbocycles. The van der Waals surface area contributed by atoms with E-state index >= 15 is 0 Å². The number of hydrogen-bond acceptors (Lipinski definition) is 6. The van der Waals surface area contributed by atoms with Gasteiger partial charge in [-0.05, 0) is 36.8 Å². The second-order valence-electron chi connectivity index (χ2n) is 9.92. The number of nitrogens with one attached hydrogen (secondary N) is 3. The van der Waals surface area contributed by atoms with Crippen LogP contribution in [0.2, 0.25) is 0 Å². The van der Waals surface area contributed by atoms with Crippen LogP contribution in [0.3, 0.4) is 0 Å². The molecule has 0 aliphatic carbocycles. The SMILES string of the molecule is CC(C)C(NC(=O)C(Cc1c[nH]c2ccccc12)NC(=O)C1CCCN1C(=O)C(N)CCC(=O)O)C(=O)O. The number of rotatable bonds is 12. The van der Waals surface area contributed by atoms with Crippen molar-refractivity contribution >= 4 is 40.6 Å². The van der Waals surface area contributed by atoms with Gasteiger partial charge in [-0.2, -0.15) is 0 Å². The third kappa shape index (κ3) is 6.88. The van der Waals surface area contributed by atoms with Gasteiger partial charge in [-0.1, -0.05) is 32.0 Å². The standard InChI is InChI=1S/C26H35N5O7/c1-14(2)22(26(37)38)30-23(34)19(12-15-13-28-18-7-4-3-6-16(15)18)29-24(35)20-8-5-11-31(20)25(36)17(27)9-10-21(32)33/h3-4,6-7,13-14,17,19-20,22,28H,5,8-12,27H2,1-2H3,(H,29,35)(H,30,34)(H,32,33)(H,37,38). The summed E-state index contributed by atoms with van der Waals surface area (Å²) in [6.07, 6.45) is 2.39. The first kappa shape index (κ1) is 28.6. The fraction of sp³-hybridized carbons (Fsp3) is 0.500. The van der Waals surface area contributed by atoms with E-state index in [1.54, 1.807) is 20.0 Å². The molecule has 7 N–H and O–H groups in total. The zero-order valence-corrected chi connectivity index (χ0v) is 21.5. The van der Waals surface area contributed by atoms with Crippen LogP contribution in [0.1, 0.15) is 45.1 Å².